The van der Waals surface area contributed by atoms with Crippen molar-refractivity contribution in [2.24, 2.45) is 5.73 Å². The van der Waals surface area contributed by atoms with E-state index in [2.05, 4.69) is 26.0 Å². The van der Waals surface area contributed by atoms with Crippen LogP contribution in [0.5, 0.6) is 0 Å². The average molecular weight is 283 g/mol. The van der Waals surface area contributed by atoms with Crippen LogP contribution in [0.3, 0.4) is 0 Å². The highest BCUT2D eigenvalue weighted by Crippen LogP contribution is 2.28. The predicted molar refractivity (Wildman–Crippen MR) is 80.5 cm³/mol. The highest BCUT2D eigenvalue weighted by atomic mass is 35.5. The summed E-state index contributed by atoms with van der Waals surface area (Å²) < 4.78 is 0. The monoisotopic (exact) mass is 282 g/mol. The first kappa shape index (κ1) is 16.0. The van der Waals surface area contributed by atoms with Gasteiger partial charge in [0, 0.05) is 25.6 Å². The third kappa shape index (κ3) is 3.95. The first-order chi connectivity index (χ1) is 8.49. The number of likely N-dealkylation sites (tertiary alicyclic amines) is 1. The first-order valence-corrected chi connectivity index (χ1v) is 6.58. The number of nitrogens with two attached hydrogens (primary N) is 1. The fourth-order valence-corrected chi connectivity index (χ4v) is 2.50. The highest BCUT2D eigenvalue weighted by molar-refractivity contribution is 5.85. The molecule has 1 aliphatic rings. The number of hydrogen-bond donors (Lipinski definition) is 1. The maximum Gasteiger partial charge on any atom is 0.223 e. The molecule has 2 rings (SSSR count). The Kier molecular flexibility index (Phi) is 5.39. The molecule has 0 unspecified atom stereocenters. The fourth-order valence-electron chi connectivity index (χ4n) is 2.50. The molecule has 0 radical (unpaired) electrons. The number of nitrogens with zero attached hydrogens (tertiary/aromatic N) is 1. The molecule has 0 bridgehead atoms. The Bertz CT molecular complexity index is 419. The minimum atomic E-state index is -0.120. The van der Waals surface area contributed by atoms with Crippen molar-refractivity contribution in [1.29, 1.82) is 0 Å². The van der Waals surface area contributed by atoms with Crippen LogP contribution in [0.1, 0.15) is 32.3 Å². The minimum absolute atomic E-state index is 0. The van der Waals surface area contributed by atoms with E-state index in [9.17, 15) is 4.79 Å². The molecule has 1 fully saturated rings. The maximum atomic E-state index is 12.3. The molecule has 0 saturated carbocycles. The second-order valence-electron chi connectivity index (χ2n) is 5.82. The van der Waals surface area contributed by atoms with Gasteiger partial charge in [-0.15, -0.1) is 12.4 Å². The zero-order chi connectivity index (χ0) is 13.2. The molecule has 1 aromatic carbocycles. The first-order valence-electron chi connectivity index (χ1n) is 6.58. The van der Waals surface area contributed by atoms with E-state index in [4.69, 9.17) is 5.73 Å². The third-order valence-electron chi connectivity index (χ3n) is 3.73. The summed E-state index contributed by atoms with van der Waals surface area (Å²) >= 11 is 0. The summed E-state index contributed by atoms with van der Waals surface area (Å²) in [6.07, 6.45) is 1.47. The van der Waals surface area contributed by atoms with Crippen molar-refractivity contribution in [3.63, 3.8) is 0 Å². The van der Waals surface area contributed by atoms with Crippen molar-refractivity contribution in [2.45, 2.75) is 38.1 Å². The molecule has 0 spiro atoms. The molecule has 3 nitrogen and oxygen atoms in total. The summed E-state index contributed by atoms with van der Waals surface area (Å²) in [6, 6.07) is 10.4. The molecule has 0 aliphatic carbocycles. The molecule has 1 amide bonds. The van der Waals surface area contributed by atoms with Crippen LogP contribution in [0, 0.1) is 0 Å². The highest BCUT2D eigenvalue weighted by Gasteiger charge is 2.29. The fraction of sp³-hybridized carbons (Fsp3) is 0.533. The lowest BCUT2D eigenvalue weighted by Crippen LogP contribution is -2.35. The van der Waals surface area contributed by atoms with E-state index in [1.54, 1.807) is 0 Å². The third-order valence-corrected chi connectivity index (χ3v) is 3.73. The second kappa shape index (κ2) is 6.40. The molecule has 0 aromatic heterocycles. The number of hydrogen-bond acceptors (Lipinski definition) is 2. The Morgan fingerprint density at radius 3 is 2.53 bits per heavy atom. The Morgan fingerprint density at radius 2 is 2.00 bits per heavy atom. The molecular weight excluding hydrogens is 260 g/mol. The van der Waals surface area contributed by atoms with Gasteiger partial charge in [0.15, 0.2) is 0 Å². The molecule has 1 saturated heterocycles. The predicted octanol–water partition coefficient (Wildman–Crippen LogP) is 2.34. The maximum absolute atomic E-state index is 12.3. The van der Waals surface area contributed by atoms with Crippen LogP contribution in [-0.2, 0) is 10.2 Å². The quantitative estimate of drug-likeness (QED) is 0.925. The average Bonchev–Trinajstić information content (AvgIpc) is 2.77. The van der Waals surface area contributed by atoms with E-state index >= 15 is 0 Å². The van der Waals surface area contributed by atoms with Gasteiger partial charge in [0.2, 0.25) is 5.91 Å². The van der Waals surface area contributed by atoms with Crippen molar-refractivity contribution in [2.75, 3.05) is 13.1 Å². The van der Waals surface area contributed by atoms with E-state index in [0.29, 0.717) is 13.0 Å². The molecule has 19 heavy (non-hydrogen) atoms. The van der Waals surface area contributed by atoms with Crippen LogP contribution < -0.4 is 5.73 Å². The largest absolute Gasteiger partial charge is 0.341 e. The summed E-state index contributed by atoms with van der Waals surface area (Å²) in [4.78, 5) is 14.1. The number of rotatable bonds is 3. The summed E-state index contributed by atoms with van der Waals surface area (Å²) in [5.41, 5.74) is 6.93. The van der Waals surface area contributed by atoms with E-state index in [1.165, 1.54) is 5.56 Å². The SMILES string of the molecule is CC(C)(CC(=O)N1CC[C@@H](N)C1)c1ccccc1.Cl. The van der Waals surface area contributed by atoms with Crippen LogP contribution in [0.2, 0.25) is 0 Å². The Balaban J connectivity index is 0.00000180. The lowest BCUT2D eigenvalue weighted by Gasteiger charge is -2.27. The Hall–Kier alpha value is -1.06. The lowest BCUT2D eigenvalue weighted by atomic mass is 9.81. The summed E-state index contributed by atoms with van der Waals surface area (Å²) in [7, 11) is 0. The summed E-state index contributed by atoms with van der Waals surface area (Å²) in [5.74, 6) is 0.219. The van der Waals surface area contributed by atoms with Crippen LogP contribution in [0.25, 0.3) is 0 Å². The smallest absolute Gasteiger partial charge is 0.223 e. The molecule has 4 heteroatoms. The van der Waals surface area contributed by atoms with Crippen molar-refractivity contribution < 1.29 is 4.79 Å². The molecule has 2 N–H and O–H groups in total. The van der Waals surface area contributed by atoms with Crippen LogP contribution >= 0.6 is 12.4 Å². The second-order valence-corrected chi connectivity index (χ2v) is 5.82. The van der Waals surface area contributed by atoms with Gasteiger partial charge in [-0.3, -0.25) is 4.79 Å². The summed E-state index contributed by atoms with van der Waals surface area (Å²) in [5, 5.41) is 0. The van der Waals surface area contributed by atoms with Crippen LogP contribution in [0.4, 0.5) is 0 Å². The number of benzene rings is 1. The number of amides is 1. The standard InChI is InChI=1S/C15H22N2O.ClH/c1-15(2,12-6-4-3-5-7-12)10-14(18)17-9-8-13(16)11-17;/h3-7,13H,8-11,16H2,1-2H3;1H/t13-;/m1./s1. The number of carbonyl (C=O) groups is 1. The van der Waals surface area contributed by atoms with Gasteiger partial charge in [0.05, 0.1) is 0 Å². The molecule has 1 heterocycles. The van der Waals surface area contributed by atoms with Crippen molar-refractivity contribution in [3.05, 3.63) is 35.9 Å². The summed E-state index contributed by atoms with van der Waals surface area (Å²) in [6.45, 7) is 5.76. The van der Waals surface area contributed by atoms with Gasteiger partial charge in [-0.05, 0) is 17.4 Å². The Morgan fingerprint density at radius 1 is 1.37 bits per heavy atom. The number of halogens is 1. The lowest BCUT2D eigenvalue weighted by molar-refractivity contribution is -0.131. The van der Waals surface area contributed by atoms with E-state index in [-0.39, 0.29) is 29.8 Å². The van der Waals surface area contributed by atoms with Crippen molar-refractivity contribution >= 4 is 18.3 Å². The van der Waals surface area contributed by atoms with Gasteiger partial charge >= 0.3 is 0 Å². The topological polar surface area (TPSA) is 46.3 Å². The molecule has 1 aliphatic heterocycles. The Labute approximate surface area is 121 Å². The van der Waals surface area contributed by atoms with E-state index in [0.717, 1.165) is 13.0 Å². The van der Waals surface area contributed by atoms with Crippen LogP contribution in [0.15, 0.2) is 30.3 Å². The van der Waals surface area contributed by atoms with Gasteiger partial charge in [-0.2, -0.15) is 0 Å². The van der Waals surface area contributed by atoms with Crippen molar-refractivity contribution in [1.82, 2.24) is 4.90 Å². The van der Waals surface area contributed by atoms with Crippen molar-refractivity contribution in [3.8, 4) is 0 Å². The van der Waals surface area contributed by atoms with E-state index < -0.39 is 0 Å². The zero-order valence-electron chi connectivity index (χ0n) is 11.6. The van der Waals surface area contributed by atoms with Gasteiger partial charge < -0.3 is 10.6 Å². The van der Waals surface area contributed by atoms with Gasteiger partial charge in [-0.1, -0.05) is 44.2 Å². The van der Waals surface area contributed by atoms with E-state index in [1.807, 2.05) is 23.1 Å². The number of carbonyl (C=O) groups excluding carboxylic acids is 1. The molecular formula is C15H23ClN2O. The molecule has 106 valence electrons. The van der Waals surface area contributed by atoms with Gasteiger partial charge in [-0.25, -0.2) is 0 Å². The van der Waals surface area contributed by atoms with Gasteiger partial charge in [0.1, 0.15) is 0 Å². The molecule has 1 aromatic rings. The minimum Gasteiger partial charge on any atom is -0.341 e. The zero-order valence-corrected chi connectivity index (χ0v) is 12.5. The van der Waals surface area contributed by atoms with Gasteiger partial charge in [0.25, 0.3) is 0 Å². The normalized spacial score (nSPS) is 19.1. The molecule has 1 atom stereocenters. The van der Waals surface area contributed by atoms with Crippen LogP contribution in [-0.4, -0.2) is 29.9 Å².